The Balaban J connectivity index is 2.39. The molecule has 0 aliphatic rings. The minimum absolute atomic E-state index is 0.229. The van der Waals surface area contributed by atoms with Gasteiger partial charge in [-0.15, -0.1) is 6.58 Å². The van der Waals surface area contributed by atoms with Crippen molar-refractivity contribution < 1.29 is 19.1 Å². The fraction of sp³-hybridized carbons (Fsp3) is 0.286. The predicted molar refractivity (Wildman–Crippen MR) is 103 cm³/mol. The van der Waals surface area contributed by atoms with Gasteiger partial charge < -0.3 is 14.6 Å². The summed E-state index contributed by atoms with van der Waals surface area (Å²) < 4.78 is 4.75. The smallest absolute Gasteiger partial charge is 0.354 e. The molecule has 1 aromatic heterocycles. The minimum atomic E-state index is -0.727. The van der Waals surface area contributed by atoms with E-state index in [1.165, 1.54) is 12.0 Å². The first-order valence-corrected chi connectivity index (χ1v) is 8.62. The number of ether oxygens (including phenoxy) is 1. The van der Waals surface area contributed by atoms with Gasteiger partial charge in [-0.1, -0.05) is 24.3 Å². The molecule has 0 aliphatic heterocycles. The number of methoxy groups -OCH3 is 1. The molecule has 1 heterocycles. The van der Waals surface area contributed by atoms with Gasteiger partial charge in [-0.05, 0) is 38.5 Å². The predicted octanol–water partition coefficient (Wildman–Crippen LogP) is 3.32. The number of esters is 1. The van der Waals surface area contributed by atoms with Crippen LogP contribution in [0.3, 0.4) is 0 Å². The van der Waals surface area contributed by atoms with Crippen LogP contribution >= 0.6 is 0 Å². The van der Waals surface area contributed by atoms with Crippen molar-refractivity contribution in [2.75, 3.05) is 13.7 Å². The van der Waals surface area contributed by atoms with E-state index in [0.717, 1.165) is 0 Å². The molecule has 1 amide bonds. The van der Waals surface area contributed by atoms with Gasteiger partial charge in [0.1, 0.15) is 5.69 Å². The highest BCUT2D eigenvalue weighted by Gasteiger charge is 2.31. The van der Waals surface area contributed by atoms with Crippen LogP contribution in [0.25, 0.3) is 0 Å². The van der Waals surface area contributed by atoms with Gasteiger partial charge in [0.25, 0.3) is 5.91 Å². The number of aryl methyl sites for hydroxylation is 1. The van der Waals surface area contributed by atoms with E-state index in [2.05, 4.69) is 11.6 Å². The number of nitrogens with zero attached hydrogens (tertiary/aromatic N) is 1. The molecule has 0 saturated heterocycles. The maximum Gasteiger partial charge on any atom is 0.354 e. The van der Waals surface area contributed by atoms with Crippen molar-refractivity contribution in [2.45, 2.75) is 26.8 Å². The summed E-state index contributed by atoms with van der Waals surface area (Å²) in [7, 11) is 1.28. The molecule has 1 atom stereocenters. The monoisotopic (exact) mass is 368 g/mol. The zero-order valence-electron chi connectivity index (χ0n) is 16.0. The van der Waals surface area contributed by atoms with E-state index in [9.17, 15) is 14.4 Å². The molecule has 27 heavy (non-hydrogen) atoms. The molecule has 0 radical (unpaired) electrons. The normalized spacial score (nSPS) is 11.6. The molecule has 0 aliphatic carbocycles. The molecule has 0 bridgehead atoms. The standard InChI is InChI=1S/C21H24N2O4/c1-6-12-23(20(25)16-10-8-7-9-11-16)15(4)19(24)17-13(2)18(21(26)27-5)22-14(17)3/h6-11,15,22H,1,12H2,2-5H3/t15-/m1/s1. The number of Topliss-reactive ketones (excluding diaryl/α,β-unsaturated/α-hetero) is 1. The Morgan fingerprint density at radius 2 is 1.85 bits per heavy atom. The maximum absolute atomic E-state index is 13.2. The number of hydrogen-bond acceptors (Lipinski definition) is 4. The third-order valence-electron chi connectivity index (χ3n) is 4.53. The van der Waals surface area contributed by atoms with Crippen LogP contribution in [0.1, 0.15) is 49.4 Å². The lowest BCUT2D eigenvalue weighted by Gasteiger charge is -2.27. The molecule has 2 rings (SSSR count). The fourth-order valence-corrected chi connectivity index (χ4v) is 3.08. The van der Waals surface area contributed by atoms with Crippen LogP contribution in [0.15, 0.2) is 43.0 Å². The number of carbonyl (C=O) groups is 3. The molecule has 0 fully saturated rings. The zero-order chi connectivity index (χ0) is 20.1. The highest BCUT2D eigenvalue weighted by Crippen LogP contribution is 2.22. The topological polar surface area (TPSA) is 79.5 Å². The molecule has 6 heteroatoms. The number of benzene rings is 1. The van der Waals surface area contributed by atoms with Gasteiger partial charge in [-0.2, -0.15) is 0 Å². The Morgan fingerprint density at radius 1 is 1.22 bits per heavy atom. The number of hydrogen-bond donors (Lipinski definition) is 1. The van der Waals surface area contributed by atoms with Gasteiger partial charge in [-0.3, -0.25) is 9.59 Å². The summed E-state index contributed by atoms with van der Waals surface area (Å²) in [5.41, 5.74) is 2.22. The Labute approximate surface area is 158 Å². The lowest BCUT2D eigenvalue weighted by Crippen LogP contribution is -2.43. The number of H-pyrrole nitrogens is 1. The Bertz CT molecular complexity index is 868. The van der Waals surface area contributed by atoms with Crippen LogP contribution in [0.2, 0.25) is 0 Å². The molecule has 2 aromatic rings. The van der Waals surface area contributed by atoms with Gasteiger partial charge in [0.2, 0.25) is 0 Å². The number of rotatable bonds is 7. The van der Waals surface area contributed by atoms with E-state index in [0.29, 0.717) is 22.4 Å². The highest BCUT2D eigenvalue weighted by atomic mass is 16.5. The fourth-order valence-electron chi connectivity index (χ4n) is 3.08. The SMILES string of the molecule is C=CCN(C(=O)c1ccccc1)[C@H](C)C(=O)c1c(C)[nH]c(C(=O)OC)c1C. The van der Waals surface area contributed by atoms with Crippen molar-refractivity contribution in [3.63, 3.8) is 0 Å². The molecule has 142 valence electrons. The van der Waals surface area contributed by atoms with Gasteiger partial charge in [0.15, 0.2) is 5.78 Å². The van der Waals surface area contributed by atoms with Crippen LogP contribution in [0, 0.1) is 13.8 Å². The Hall–Kier alpha value is -3.15. The molecular formula is C21H24N2O4. The molecule has 1 N–H and O–H groups in total. The van der Waals surface area contributed by atoms with Gasteiger partial charge in [-0.25, -0.2) is 4.79 Å². The highest BCUT2D eigenvalue weighted by molar-refractivity contribution is 6.07. The summed E-state index contributed by atoms with van der Waals surface area (Å²) in [5.74, 6) is -1.04. The quantitative estimate of drug-likeness (QED) is 0.462. The van der Waals surface area contributed by atoms with Crippen molar-refractivity contribution in [3.05, 3.63) is 71.1 Å². The van der Waals surface area contributed by atoms with Crippen LogP contribution in [-0.4, -0.2) is 47.2 Å². The second-order valence-electron chi connectivity index (χ2n) is 6.27. The van der Waals surface area contributed by atoms with Crippen LogP contribution in [0.5, 0.6) is 0 Å². The molecule has 0 unspecified atom stereocenters. The number of aromatic nitrogens is 1. The largest absolute Gasteiger partial charge is 0.464 e. The minimum Gasteiger partial charge on any atom is -0.464 e. The lowest BCUT2D eigenvalue weighted by atomic mass is 9.99. The van der Waals surface area contributed by atoms with Crippen molar-refractivity contribution in [1.82, 2.24) is 9.88 Å². The first-order valence-electron chi connectivity index (χ1n) is 8.62. The molecule has 6 nitrogen and oxygen atoms in total. The maximum atomic E-state index is 13.2. The summed E-state index contributed by atoms with van der Waals surface area (Å²) in [4.78, 5) is 42.3. The van der Waals surface area contributed by atoms with E-state index < -0.39 is 12.0 Å². The average molecular weight is 368 g/mol. The van der Waals surface area contributed by atoms with Gasteiger partial charge in [0.05, 0.1) is 13.2 Å². The van der Waals surface area contributed by atoms with Crippen molar-refractivity contribution in [1.29, 1.82) is 0 Å². The van der Waals surface area contributed by atoms with Crippen molar-refractivity contribution in [2.24, 2.45) is 0 Å². The number of ketones is 1. The third-order valence-corrected chi connectivity index (χ3v) is 4.53. The van der Waals surface area contributed by atoms with Gasteiger partial charge >= 0.3 is 5.97 Å². The third kappa shape index (κ3) is 4.00. The zero-order valence-corrected chi connectivity index (χ0v) is 16.0. The number of amides is 1. The van der Waals surface area contributed by atoms with Crippen molar-refractivity contribution in [3.8, 4) is 0 Å². The van der Waals surface area contributed by atoms with E-state index >= 15 is 0 Å². The first kappa shape index (κ1) is 20.2. The number of aromatic amines is 1. The number of nitrogens with one attached hydrogen (secondary N) is 1. The second kappa shape index (κ2) is 8.49. The average Bonchev–Trinajstić information content (AvgIpc) is 2.98. The second-order valence-corrected chi connectivity index (χ2v) is 6.27. The van der Waals surface area contributed by atoms with Gasteiger partial charge in [0, 0.05) is 23.4 Å². The van der Waals surface area contributed by atoms with Crippen molar-refractivity contribution >= 4 is 17.7 Å². The summed E-state index contributed by atoms with van der Waals surface area (Å²) >= 11 is 0. The molecule has 1 aromatic carbocycles. The van der Waals surface area contributed by atoms with E-state index in [-0.39, 0.29) is 23.9 Å². The summed E-state index contributed by atoms with van der Waals surface area (Å²) in [5, 5.41) is 0. The van der Waals surface area contributed by atoms with Crippen LogP contribution in [-0.2, 0) is 4.74 Å². The van der Waals surface area contributed by atoms with E-state index in [1.54, 1.807) is 51.1 Å². The lowest BCUT2D eigenvalue weighted by molar-refractivity contribution is 0.0593. The first-order chi connectivity index (χ1) is 12.8. The Kier molecular flexibility index (Phi) is 6.34. The molecular weight excluding hydrogens is 344 g/mol. The van der Waals surface area contributed by atoms with Crippen LogP contribution in [0.4, 0.5) is 0 Å². The molecule has 0 saturated carbocycles. The molecule has 0 spiro atoms. The van der Waals surface area contributed by atoms with E-state index in [4.69, 9.17) is 4.74 Å². The number of carbonyl (C=O) groups excluding carboxylic acids is 3. The van der Waals surface area contributed by atoms with Crippen LogP contribution < -0.4 is 0 Å². The summed E-state index contributed by atoms with van der Waals surface area (Å²) in [6.45, 7) is 9.00. The van der Waals surface area contributed by atoms with E-state index in [1.807, 2.05) is 6.07 Å². The summed E-state index contributed by atoms with van der Waals surface area (Å²) in [6.07, 6.45) is 1.58. The summed E-state index contributed by atoms with van der Waals surface area (Å²) in [6, 6.07) is 8.05. The Morgan fingerprint density at radius 3 is 2.41 bits per heavy atom.